The molecule has 0 spiro atoms. The molecule has 5 heteroatoms. The van der Waals surface area contributed by atoms with Crippen LogP contribution in [0.5, 0.6) is 5.75 Å². The van der Waals surface area contributed by atoms with Crippen LogP contribution in [0.3, 0.4) is 0 Å². The summed E-state index contributed by atoms with van der Waals surface area (Å²) in [7, 11) is 1.25. The molecule has 0 aromatic heterocycles. The van der Waals surface area contributed by atoms with Gasteiger partial charge in [-0.2, -0.15) is 13.2 Å². The lowest BCUT2D eigenvalue weighted by Crippen LogP contribution is -2.43. The van der Waals surface area contributed by atoms with Crippen LogP contribution in [0.1, 0.15) is 30.4 Å². The Hall–Kier alpha value is -1.23. The molecule has 0 bridgehead atoms. The molecule has 0 unspecified atom stereocenters. The normalized spacial score (nSPS) is 18.6. The van der Waals surface area contributed by atoms with Crippen LogP contribution in [0, 0.1) is 0 Å². The average molecular weight is 245 g/mol. The van der Waals surface area contributed by atoms with Crippen LogP contribution < -0.4 is 10.5 Å². The number of methoxy groups -OCH3 is 1. The van der Waals surface area contributed by atoms with Crippen LogP contribution in [-0.2, 0) is 11.7 Å². The molecule has 0 atom stereocenters. The Morgan fingerprint density at radius 3 is 2.35 bits per heavy atom. The molecular weight excluding hydrogens is 231 g/mol. The number of para-hydroxylation sites is 1. The van der Waals surface area contributed by atoms with Crippen molar-refractivity contribution in [1.82, 2.24) is 0 Å². The van der Waals surface area contributed by atoms with Gasteiger partial charge >= 0.3 is 6.18 Å². The highest BCUT2D eigenvalue weighted by Crippen LogP contribution is 2.46. The molecule has 2 rings (SSSR count). The Labute approximate surface area is 97.6 Å². The Morgan fingerprint density at radius 1 is 1.29 bits per heavy atom. The highest BCUT2D eigenvalue weighted by molar-refractivity contribution is 5.47. The third-order valence-electron chi connectivity index (χ3n) is 3.31. The van der Waals surface area contributed by atoms with Crippen molar-refractivity contribution in [2.24, 2.45) is 5.73 Å². The highest BCUT2D eigenvalue weighted by Gasteiger charge is 2.41. The molecule has 0 radical (unpaired) electrons. The van der Waals surface area contributed by atoms with Crippen molar-refractivity contribution in [3.63, 3.8) is 0 Å². The molecule has 0 amide bonds. The van der Waals surface area contributed by atoms with Gasteiger partial charge in [0.1, 0.15) is 5.75 Å². The molecule has 1 aromatic rings. The summed E-state index contributed by atoms with van der Waals surface area (Å²) >= 11 is 0. The third kappa shape index (κ3) is 1.99. The predicted octanol–water partition coefficient (Wildman–Crippen LogP) is 3.05. The van der Waals surface area contributed by atoms with E-state index in [4.69, 9.17) is 10.5 Å². The highest BCUT2D eigenvalue weighted by atomic mass is 19.4. The van der Waals surface area contributed by atoms with Crippen LogP contribution in [0.15, 0.2) is 18.2 Å². The summed E-state index contributed by atoms with van der Waals surface area (Å²) < 4.78 is 43.3. The third-order valence-corrected chi connectivity index (χ3v) is 3.31. The Balaban J connectivity index is 2.54. The van der Waals surface area contributed by atoms with Gasteiger partial charge in [0.05, 0.1) is 12.7 Å². The van der Waals surface area contributed by atoms with Crippen LogP contribution in [-0.4, -0.2) is 7.11 Å². The van der Waals surface area contributed by atoms with E-state index in [1.165, 1.54) is 13.2 Å². The van der Waals surface area contributed by atoms with E-state index < -0.39 is 17.3 Å². The Kier molecular flexibility index (Phi) is 2.81. The van der Waals surface area contributed by atoms with Gasteiger partial charge in [0.2, 0.25) is 0 Å². The van der Waals surface area contributed by atoms with Crippen molar-refractivity contribution in [1.29, 1.82) is 0 Å². The zero-order valence-corrected chi connectivity index (χ0v) is 9.47. The molecule has 1 aliphatic carbocycles. The van der Waals surface area contributed by atoms with Crippen molar-refractivity contribution in [2.75, 3.05) is 7.11 Å². The number of ether oxygens (including phenoxy) is 1. The lowest BCUT2D eigenvalue weighted by atomic mass is 9.72. The first kappa shape index (κ1) is 12.2. The average Bonchev–Trinajstić information content (AvgIpc) is 2.23. The minimum absolute atomic E-state index is 0.137. The lowest BCUT2D eigenvalue weighted by Gasteiger charge is -2.39. The van der Waals surface area contributed by atoms with Gasteiger partial charge in [0.15, 0.2) is 0 Å². The fourth-order valence-corrected chi connectivity index (χ4v) is 2.20. The summed E-state index contributed by atoms with van der Waals surface area (Å²) in [5.41, 5.74) is 5.11. The topological polar surface area (TPSA) is 35.2 Å². The Bertz CT molecular complexity index is 424. The standard InChI is InChI=1S/C12H14F3NO/c1-17-10-8(11(16)6-3-7-11)4-2-5-9(10)12(13,14)15/h2,4-5H,3,6-7,16H2,1H3. The summed E-state index contributed by atoms with van der Waals surface area (Å²) in [4.78, 5) is 0. The molecule has 0 saturated heterocycles. The van der Waals surface area contributed by atoms with Crippen molar-refractivity contribution >= 4 is 0 Å². The maximum absolute atomic E-state index is 12.8. The van der Waals surface area contributed by atoms with Crippen molar-refractivity contribution in [3.8, 4) is 5.75 Å². The molecule has 1 saturated carbocycles. The van der Waals surface area contributed by atoms with Gasteiger partial charge in [-0.3, -0.25) is 0 Å². The van der Waals surface area contributed by atoms with Gasteiger partial charge in [-0.15, -0.1) is 0 Å². The van der Waals surface area contributed by atoms with Crippen LogP contribution in [0.2, 0.25) is 0 Å². The molecule has 0 aliphatic heterocycles. The van der Waals surface area contributed by atoms with E-state index in [1.54, 1.807) is 6.07 Å². The van der Waals surface area contributed by atoms with Crippen LogP contribution in [0.4, 0.5) is 13.2 Å². The second kappa shape index (κ2) is 3.91. The minimum Gasteiger partial charge on any atom is -0.496 e. The summed E-state index contributed by atoms with van der Waals surface area (Å²) in [5.74, 6) is -0.137. The molecule has 1 aromatic carbocycles. The second-order valence-electron chi connectivity index (χ2n) is 4.39. The van der Waals surface area contributed by atoms with Crippen molar-refractivity contribution in [2.45, 2.75) is 31.0 Å². The number of rotatable bonds is 2. The first-order valence-electron chi connectivity index (χ1n) is 5.42. The van der Waals surface area contributed by atoms with E-state index in [-0.39, 0.29) is 5.75 Å². The van der Waals surface area contributed by atoms with E-state index in [2.05, 4.69) is 0 Å². The molecule has 94 valence electrons. The largest absolute Gasteiger partial charge is 0.496 e. The molecule has 1 aliphatic rings. The predicted molar refractivity (Wildman–Crippen MR) is 57.7 cm³/mol. The molecule has 0 heterocycles. The fraction of sp³-hybridized carbons (Fsp3) is 0.500. The summed E-state index contributed by atoms with van der Waals surface area (Å²) in [5, 5.41) is 0. The minimum atomic E-state index is -4.42. The molecule has 2 nitrogen and oxygen atoms in total. The van der Waals surface area contributed by atoms with Gasteiger partial charge in [0.25, 0.3) is 0 Å². The maximum Gasteiger partial charge on any atom is 0.419 e. The molecular formula is C12H14F3NO. The SMILES string of the molecule is COc1c(C(F)(F)F)cccc1C1(N)CCC1. The van der Waals surface area contributed by atoms with Gasteiger partial charge in [-0.05, 0) is 25.3 Å². The number of halogens is 3. The summed E-state index contributed by atoms with van der Waals surface area (Å²) in [6, 6.07) is 4.02. The van der Waals surface area contributed by atoms with Crippen molar-refractivity contribution < 1.29 is 17.9 Å². The first-order valence-corrected chi connectivity index (χ1v) is 5.42. The second-order valence-corrected chi connectivity index (χ2v) is 4.39. The zero-order valence-electron chi connectivity index (χ0n) is 9.47. The smallest absolute Gasteiger partial charge is 0.419 e. The number of hydrogen-bond donors (Lipinski definition) is 1. The maximum atomic E-state index is 12.8. The van der Waals surface area contributed by atoms with Crippen molar-refractivity contribution in [3.05, 3.63) is 29.3 Å². The summed E-state index contributed by atoms with van der Waals surface area (Å²) in [6.07, 6.45) is -2.08. The van der Waals surface area contributed by atoms with E-state index in [0.29, 0.717) is 18.4 Å². The van der Waals surface area contributed by atoms with E-state index in [9.17, 15) is 13.2 Å². The van der Waals surface area contributed by atoms with Gasteiger partial charge in [0, 0.05) is 11.1 Å². The lowest BCUT2D eigenvalue weighted by molar-refractivity contribution is -0.138. The van der Waals surface area contributed by atoms with E-state index in [0.717, 1.165) is 12.5 Å². The number of nitrogens with two attached hydrogens (primary N) is 1. The fourth-order valence-electron chi connectivity index (χ4n) is 2.20. The zero-order chi connectivity index (χ0) is 12.7. The van der Waals surface area contributed by atoms with E-state index >= 15 is 0 Å². The van der Waals surface area contributed by atoms with Gasteiger partial charge in [-0.25, -0.2) is 0 Å². The Morgan fingerprint density at radius 2 is 1.94 bits per heavy atom. The van der Waals surface area contributed by atoms with E-state index in [1.807, 2.05) is 0 Å². The monoisotopic (exact) mass is 245 g/mol. The number of alkyl halides is 3. The van der Waals surface area contributed by atoms with Crippen LogP contribution in [0.25, 0.3) is 0 Å². The van der Waals surface area contributed by atoms with Gasteiger partial charge < -0.3 is 10.5 Å². The molecule has 2 N–H and O–H groups in total. The molecule has 1 fully saturated rings. The summed E-state index contributed by atoms with van der Waals surface area (Å²) in [6.45, 7) is 0. The first-order chi connectivity index (χ1) is 7.88. The quantitative estimate of drug-likeness (QED) is 0.869. The van der Waals surface area contributed by atoms with Crippen LogP contribution >= 0.6 is 0 Å². The number of hydrogen-bond acceptors (Lipinski definition) is 2. The molecule has 17 heavy (non-hydrogen) atoms. The van der Waals surface area contributed by atoms with Gasteiger partial charge in [-0.1, -0.05) is 12.1 Å². The number of benzene rings is 1.